The quantitative estimate of drug-likeness (QED) is 0.507. The van der Waals surface area contributed by atoms with E-state index in [4.69, 9.17) is 35.4 Å². The van der Waals surface area contributed by atoms with Gasteiger partial charge in [0.25, 0.3) is 5.91 Å². The first-order valence-corrected chi connectivity index (χ1v) is 9.38. The first-order valence-electron chi connectivity index (χ1n) is 7.40. The number of rotatable bonds is 3. The summed E-state index contributed by atoms with van der Waals surface area (Å²) in [6.45, 7) is 1.92. The third-order valence-electron chi connectivity index (χ3n) is 3.78. The molecule has 2 aromatic carbocycles. The fraction of sp³-hybridized carbons (Fsp3) is 0.111. The highest BCUT2D eigenvalue weighted by molar-refractivity contribution is 8.26. The summed E-state index contributed by atoms with van der Waals surface area (Å²) in [5, 5.41) is 4.39. The number of para-hydroxylation sites is 1. The number of likely N-dealkylation sites (N-methyl/N-ethyl adjacent to an activating group) is 1. The Balaban J connectivity index is 2.00. The smallest absolute Gasteiger partial charge is 0.265 e. The Hall–Kier alpha value is -1.53. The van der Waals surface area contributed by atoms with Crippen molar-refractivity contribution in [2.45, 2.75) is 6.92 Å². The Morgan fingerprint density at radius 3 is 2.60 bits per heavy atom. The monoisotopic (exact) mass is 408 g/mol. The molecule has 1 saturated heterocycles. The van der Waals surface area contributed by atoms with Crippen molar-refractivity contribution >= 4 is 74.9 Å². The van der Waals surface area contributed by atoms with Crippen LogP contribution in [0.1, 0.15) is 11.1 Å². The summed E-state index contributed by atoms with van der Waals surface area (Å²) < 4.78 is 0.548. The number of nitrogens with one attached hydrogen (secondary N) is 1. The van der Waals surface area contributed by atoms with Crippen molar-refractivity contribution in [1.29, 1.82) is 0 Å². The molecule has 1 fully saturated rings. The third-order valence-corrected chi connectivity index (χ3v) is 6.06. The first-order chi connectivity index (χ1) is 11.9. The van der Waals surface area contributed by atoms with Crippen molar-refractivity contribution in [2.24, 2.45) is 0 Å². The van der Waals surface area contributed by atoms with Crippen molar-refractivity contribution in [2.75, 3.05) is 12.4 Å². The predicted molar refractivity (Wildman–Crippen MR) is 112 cm³/mol. The van der Waals surface area contributed by atoms with Crippen LogP contribution in [0.25, 0.3) is 6.08 Å². The third kappa shape index (κ3) is 3.70. The summed E-state index contributed by atoms with van der Waals surface area (Å²) in [5.41, 5.74) is 3.23. The molecule has 0 radical (unpaired) electrons. The number of hydrogen-bond donors (Lipinski definition) is 1. The molecule has 0 bridgehead atoms. The van der Waals surface area contributed by atoms with Crippen LogP contribution < -0.4 is 5.32 Å². The number of thiocarbonyl (C=S) groups is 1. The van der Waals surface area contributed by atoms with Gasteiger partial charge in [-0.3, -0.25) is 9.69 Å². The van der Waals surface area contributed by atoms with Crippen LogP contribution in [0.2, 0.25) is 10.0 Å². The number of hydrogen-bond acceptors (Lipinski definition) is 4. The van der Waals surface area contributed by atoms with Gasteiger partial charge in [-0.2, -0.15) is 0 Å². The van der Waals surface area contributed by atoms with Gasteiger partial charge in [-0.15, -0.1) is 0 Å². The van der Waals surface area contributed by atoms with Gasteiger partial charge in [0.1, 0.15) is 4.32 Å². The van der Waals surface area contributed by atoms with E-state index in [1.165, 1.54) is 16.7 Å². The van der Waals surface area contributed by atoms with Crippen LogP contribution in [0.5, 0.6) is 0 Å². The SMILES string of the molecule is Cc1ccc(Cl)c(Nc2ccccc2/C=C2/SC(=S)N(C)C2=O)c1Cl. The highest BCUT2D eigenvalue weighted by Crippen LogP contribution is 2.37. The van der Waals surface area contributed by atoms with E-state index >= 15 is 0 Å². The minimum atomic E-state index is -0.101. The lowest BCUT2D eigenvalue weighted by molar-refractivity contribution is -0.121. The molecule has 25 heavy (non-hydrogen) atoms. The van der Waals surface area contributed by atoms with Gasteiger partial charge >= 0.3 is 0 Å². The standard InChI is InChI=1S/C18H14Cl2N2OS2/c1-10-7-8-12(19)16(15(10)20)21-13-6-4-3-5-11(13)9-14-17(23)22(2)18(24)25-14/h3-9,21H,1-2H3/b14-9+. The maximum absolute atomic E-state index is 12.2. The highest BCUT2D eigenvalue weighted by Gasteiger charge is 2.28. The van der Waals surface area contributed by atoms with E-state index in [0.29, 0.717) is 25.0 Å². The Bertz CT molecular complexity index is 912. The summed E-state index contributed by atoms with van der Waals surface area (Å²) in [6, 6.07) is 11.3. The molecular weight excluding hydrogens is 395 g/mol. The normalized spacial score (nSPS) is 16.0. The van der Waals surface area contributed by atoms with Gasteiger partial charge in [-0.1, -0.05) is 71.4 Å². The maximum Gasteiger partial charge on any atom is 0.265 e. The molecule has 0 aromatic heterocycles. The van der Waals surface area contributed by atoms with Gasteiger partial charge in [0.15, 0.2) is 0 Å². The van der Waals surface area contributed by atoms with E-state index in [0.717, 1.165) is 16.8 Å². The molecule has 1 aliphatic rings. The van der Waals surface area contributed by atoms with Crippen LogP contribution in [-0.4, -0.2) is 22.2 Å². The number of benzene rings is 2. The van der Waals surface area contributed by atoms with Crippen molar-refractivity contribution in [3.8, 4) is 0 Å². The Labute approximate surface area is 166 Å². The summed E-state index contributed by atoms with van der Waals surface area (Å²) in [5.74, 6) is -0.101. The molecule has 2 aromatic rings. The van der Waals surface area contributed by atoms with E-state index in [1.807, 2.05) is 43.3 Å². The maximum atomic E-state index is 12.2. The Kier molecular flexibility index (Phi) is 5.39. The van der Waals surface area contributed by atoms with Crippen molar-refractivity contribution in [3.05, 3.63) is 62.5 Å². The zero-order valence-corrected chi connectivity index (χ0v) is 16.6. The van der Waals surface area contributed by atoms with E-state index in [2.05, 4.69) is 5.32 Å². The lowest BCUT2D eigenvalue weighted by atomic mass is 10.1. The number of anilines is 2. The molecule has 1 amide bonds. The van der Waals surface area contributed by atoms with Crippen molar-refractivity contribution in [1.82, 2.24) is 4.90 Å². The van der Waals surface area contributed by atoms with Crippen LogP contribution in [0.3, 0.4) is 0 Å². The molecule has 3 nitrogen and oxygen atoms in total. The number of aryl methyl sites for hydroxylation is 1. The van der Waals surface area contributed by atoms with E-state index in [1.54, 1.807) is 13.1 Å². The zero-order valence-electron chi connectivity index (χ0n) is 13.5. The van der Waals surface area contributed by atoms with Gasteiger partial charge in [0, 0.05) is 12.7 Å². The van der Waals surface area contributed by atoms with Crippen molar-refractivity contribution in [3.63, 3.8) is 0 Å². The molecule has 3 rings (SSSR count). The lowest BCUT2D eigenvalue weighted by Crippen LogP contribution is -2.22. The number of nitrogens with zero attached hydrogens (tertiary/aromatic N) is 1. The largest absolute Gasteiger partial charge is 0.353 e. The van der Waals surface area contributed by atoms with Crippen LogP contribution in [-0.2, 0) is 4.79 Å². The zero-order chi connectivity index (χ0) is 18.1. The first kappa shape index (κ1) is 18.3. The van der Waals surface area contributed by atoms with Crippen LogP contribution in [0, 0.1) is 6.92 Å². The molecule has 7 heteroatoms. The summed E-state index contributed by atoms with van der Waals surface area (Å²) in [6.07, 6.45) is 1.82. The second-order valence-electron chi connectivity index (χ2n) is 5.51. The highest BCUT2D eigenvalue weighted by atomic mass is 35.5. The number of carbonyl (C=O) groups excluding carboxylic acids is 1. The molecule has 1 heterocycles. The molecule has 128 valence electrons. The van der Waals surface area contributed by atoms with Gasteiger partial charge in [0.05, 0.1) is 20.6 Å². The summed E-state index contributed by atoms with van der Waals surface area (Å²) in [7, 11) is 1.68. The summed E-state index contributed by atoms with van der Waals surface area (Å²) in [4.78, 5) is 14.3. The van der Waals surface area contributed by atoms with Crippen LogP contribution in [0.4, 0.5) is 11.4 Å². The molecule has 0 aliphatic carbocycles. The molecule has 1 N–H and O–H groups in total. The summed E-state index contributed by atoms with van der Waals surface area (Å²) >= 11 is 19.1. The predicted octanol–water partition coefficient (Wildman–Crippen LogP) is 5.88. The van der Waals surface area contributed by atoms with Gasteiger partial charge < -0.3 is 5.32 Å². The van der Waals surface area contributed by atoms with Crippen molar-refractivity contribution < 1.29 is 4.79 Å². The molecule has 0 unspecified atom stereocenters. The van der Waals surface area contributed by atoms with Gasteiger partial charge in [-0.25, -0.2) is 0 Å². The van der Waals surface area contributed by atoms with E-state index in [-0.39, 0.29) is 5.91 Å². The molecule has 0 saturated carbocycles. The van der Waals surface area contributed by atoms with E-state index < -0.39 is 0 Å². The van der Waals surface area contributed by atoms with Gasteiger partial charge in [0.2, 0.25) is 0 Å². The van der Waals surface area contributed by atoms with E-state index in [9.17, 15) is 4.79 Å². The molecule has 0 spiro atoms. The average molecular weight is 409 g/mol. The minimum Gasteiger partial charge on any atom is -0.353 e. The lowest BCUT2D eigenvalue weighted by Gasteiger charge is -2.14. The van der Waals surface area contributed by atoms with Gasteiger partial charge in [-0.05, 0) is 36.3 Å². The molecule has 0 atom stereocenters. The second-order valence-corrected chi connectivity index (χ2v) is 7.97. The number of amides is 1. The minimum absolute atomic E-state index is 0.101. The van der Waals surface area contributed by atoms with Crippen LogP contribution in [0.15, 0.2) is 41.3 Å². The topological polar surface area (TPSA) is 32.3 Å². The number of thioether (sulfide) groups is 1. The Morgan fingerprint density at radius 1 is 1.20 bits per heavy atom. The Morgan fingerprint density at radius 2 is 1.92 bits per heavy atom. The van der Waals surface area contributed by atoms with Crippen LogP contribution >= 0.6 is 47.2 Å². The average Bonchev–Trinajstić information content (AvgIpc) is 2.83. The molecule has 1 aliphatic heterocycles. The number of carbonyl (C=O) groups is 1. The fourth-order valence-electron chi connectivity index (χ4n) is 2.33. The fourth-order valence-corrected chi connectivity index (χ4v) is 3.96. The molecular formula is C18H14Cl2N2OS2. The number of halogens is 2. The second kappa shape index (κ2) is 7.38.